The fourth-order valence-corrected chi connectivity index (χ4v) is 4.02. The Morgan fingerprint density at radius 2 is 1.09 bits per heavy atom. The second-order valence-electron chi connectivity index (χ2n) is 8.16. The molecule has 0 aliphatic heterocycles. The molecule has 168 valence electrons. The van der Waals surface area contributed by atoms with Crippen molar-refractivity contribution < 1.29 is 20.1 Å². The molecule has 3 N–H and O–H groups in total. The van der Waals surface area contributed by atoms with E-state index in [4.69, 9.17) is 4.74 Å². The molecule has 5 heteroatoms. The third-order valence-corrected chi connectivity index (χ3v) is 5.80. The number of benzene rings is 4. The summed E-state index contributed by atoms with van der Waals surface area (Å²) in [6.45, 7) is 7.49. The first-order valence-corrected chi connectivity index (χ1v) is 10.7. The highest BCUT2D eigenvalue weighted by molar-refractivity contribution is 5.84. The van der Waals surface area contributed by atoms with E-state index >= 15 is 0 Å². The number of aromatic hydroxyl groups is 3. The quantitative estimate of drug-likeness (QED) is 0.303. The summed E-state index contributed by atoms with van der Waals surface area (Å²) >= 11 is 0. The number of phenols is 3. The molecule has 0 radical (unpaired) electrons. The fraction of sp³-hybridized carbons (Fsp3) is 0.143. The lowest BCUT2D eigenvalue weighted by atomic mass is 10.1. The Hall–Kier alpha value is -4.12. The molecule has 0 saturated heterocycles. The average molecular weight is 442 g/mol. The van der Waals surface area contributed by atoms with Crippen molar-refractivity contribution in [1.29, 1.82) is 0 Å². The molecule has 0 spiro atoms. The van der Waals surface area contributed by atoms with Gasteiger partial charge in [0.15, 0.2) is 5.75 Å². The molecule has 33 heavy (non-hydrogen) atoms. The normalized spacial score (nSPS) is 10.8. The summed E-state index contributed by atoms with van der Waals surface area (Å²) in [5.41, 5.74) is 5.30. The highest BCUT2D eigenvalue weighted by Gasteiger charge is 2.22. The molecule has 0 atom stereocenters. The molecule has 5 nitrogen and oxygen atoms in total. The number of anilines is 3. The largest absolute Gasteiger partial charge is 0.508 e. The Morgan fingerprint density at radius 3 is 1.64 bits per heavy atom. The van der Waals surface area contributed by atoms with Gasteiger partial charge >= 0.3 is 0 Å². The minimum absolute atomic E-state index is 0.180. The SMILES string of the molecule is Cc1cc(O)cc(C)c1Oc1ccccc1N(c1cccc(O)c1C)c1cccc(O)c1C. The molecule has 0 aliphatic rings. The van der Waals surface area contributed by atoms with Gasteiger partial charge in [0.05, 0.1) is 17.1 Å². The number of para-hydroxylation sites is 2. The molecule has 0 saturated carbocycles. The zero-order chi connectivity index (χ0) is 23.7. The van der Waals surface area contributed by atoms with Crippen molar-refractivity contribution in [2.24, 2.45) is 0 Å². The Balaban J connectivity index is 1.95. The van der Waals surface area contributed by atoms with Gasteiger partial charge in [0.2, 0.25) is 0 Å². The first kappa shape index (κ1) is 22.1. The number of rotatable bonds is 5. The third-order valence-electron chi connectivity index (χ3n) is 5.80. The number of hydrogen-bond donors (Lipinski definition) is 3. The topological polar surface area (TPSA) is 73.2 Å². The summed E-state index contributed by atoms with van der Waals surface area (Å²) in [5.74, 6) is 1.82. The van der Waals surface area contributed by atoms with Gasteiger partial charge in [0.25, 0.3) is 0 Å². The molecule has 0 unspecified atom stereocenters. The summed E-state index contributed by atoms with van der Waals surface area (Å²) in [4.78, 5) is 1.98. The number of hydrogen-bond acceptors (Lipinski definition) is 5. The van der Waals surface area contributed by atoms with E-state index in [1.165, 1.54) is 0 Å². The van der Waals surface area contributed by atoms with Crippen LogP contribution in [0, 0.1) is 27.7 Å². The number of nitrogens with zero attached hydrogens (tertiary/aromatic N) is 1. The summed E-state index contributed by atoms with van der Waals surface area (Å²) in [6, 6.07) is 21.7. The van der Waals surface area contributed by atoms with Gasteiger partial charge in [0.1, 0.15) is 23.0 Å². The van der Waals surface area contributed by atoms with Crippen LogP contribution in [0.3, 0.4) is 0 Å². The van der Waals surface area contributed by atoms with Gasteiger partial charge < -0.3 is 25.0 Å². The molecule has 0 amide bonds. The molecule has 4 aromatic carbocycles. The van der Waals surface area contributed by atoms with E-state index in [9.17, 15) is 15.3 Å². The van der Waals surface area contributed by atoms with E-state index in [1.807, 2.05) is 69.0 Å². The summed E-state index contributed by atoms with van der Waals surface area (Å²) < 4.78 is 6.41. The maximum absolute atomic E-state index is 10.4. The van der Waals surface area contributed by atoms with E-state index in [0.29, 0.717) is 22.6 Å². The molecular formula is C28H27NO4. The predicted octanol–water partition coefficient (Wildman–Crippen LogP) is 7.30. The smallest absolute Gasteiger partial charge is 0.151 e. The van der Waals surface area contributed by atoms with Gasteiger partial charge in [0, 0.05) is 11.1 Å². The van der Waals surface area contributed by atoms with Crippen LogP contribution in [-0.2, 0) is 0 Å². The number of phenolic OH excluding ortho intramolecular Hbond substituents is 3. The summed E-state index contributed by atoms with van der Waals surface area (Å²) in [7, 11) is 0. The van der Waals surface area contributed by atoms with Gasteiger partial charge in [-0.15, -0.1) is 0 Å². The third kappa shape index (κ3) is 4.17. The fourth-order valence-electron chi connectivity index (χ4n) is 4.02. The average Bonchev–Trinajstić information content (AvgIpc) is 2.77. The van der Waals surface area contributed by atoms with Gasteiger partial charge in [-0.3, -0.25) is 0 Å². The highest BCUT2D eigenvalue weighted by atomic mass is 16.5. The minimum Gasteiger partial charge on any atom is -0.508 e. The van der Waals surface area contributed by atoms with Crippen molar-refractivity contribution in [2.45, 2.75) is 27.7 Å². The number of aryl methyl sites for hydroxylation is 2. The Kier molecular flexibility index (Phi) is 5.88. The zero-order valence-corrected chi connectivity index (χ0v) is 19.1. The van der Waals surface area contributed by atoms with E-state index < -0.39 is 0 Å². The zero-order valence-electron chi connectivity index (χ0n) is 19.1. The van der Waals surface area contributed by atoms with Crippen LogP contribution in [0.5, 0.6) is 28.7 Å². The Labute approximate surface area is 193 Å². The maximum atomic E-state index is 10.4. The van der Waals surface area contributed by atoms with Crippen LogP contribution in [0.25, 0.3) is 0 Å². The molecule has 4 aromatic rings. The first-order valence-electron chi connectivity index (χ1n) is 10.7. The Morgan fingerprint density at radius 1 is 0.606 bits per heavy atom. The van der Waals surface area contributed by atoms with Crippen LogP contribution in [0.1, 0.15) is 22.3 Å². The lowest BCUT2D eigenvalue weighted by molar-refractivity contribution is 0.459. The molecule has 4 rings (SSSR count). The van der Waals surface area contributed by atoms with Gasteiger partial charge in [-0.25, -0.2) is 0 Å². The second kappa shape index (κ2) is 8.79. The van der Waals surface area contributed by atoms with E-state index in [-0.39, 0.29) is 17.2 Å². The van der Waals surface area contributed by atoms with Crippen LogP contribution >= 0.6 is 0 Å². The molecule has 0 heterocycles. The second-order valence-corrected chi connectivity index (χ2v) is 8.16. The monoisotopic (exact) mass is 441 g/mol. The molecule has 0 fully saturated rings. The first-order chi connectivity index (χ1) is 15.8. The van der Waals surface area contributed by atoms with Crippen LogP contribution in [0.2, 0.25) is 0 Å². The van der Waals surface area contributed by atoms with Crippen LogP contribution in [-0.4, -0.2) is 15.3 Å². The highest BCUT2D eigenvalue weighted by Crippen LogP contribution is 2.46. The molecule has 0 aromatic heterocycles. The molecular weight excluding hydrogens is 414 g/mol. The molecule has 0 aliphatic carbocycles. The van der Waals surface area contributed by atoms with Crippen molar-refractivity contribution in [3.63, 3.8) is 0 Å². The minimum atomic E-state index is 0.180. The van der Waals surface area contributed by atoms with Gasteiger partial charge in [-0.1, -0.05) is 24.3 Å². The van der Waals surface area contributed by atoms with Crippen molar-refractivity contribution in [3.05, 3.63) is 95.1 Å². The predicted molar refractivity (Wildman–Crippen MR) is 132 cm³/mol. The van der Waals surface area contributed by atoms with E-state index in [2.05, 4.69) is 0 Å². The lowest BCUT2D eigenvalue weighted by Gasteiger charge is -2.30. The van der Waals surface area contributed by atoms with Crippen LogP contribution in [0.15, 0.2) is 72.8 Å². The standard InChI is InChI=1S/C28H27NO4/c1-17-15-21(30)16-18(2)28(17)33-27-14-6-5-9-24(27)29(22-10-7-12-25(31)19(22)3)23-11-8-13-26(32)20(23)4/h5-16,30-32H,1-4H3. The summed E-state index contributed by atoms with van der Waals surface area (Å²) in [5, 5.41) is 30.8. The maximum Gasteiger partial charge on any atom is 0.151 e. The molecule has 0 bridgehead atoms. The van der Waals surface area contributed by atoms with Crippen molar-refractivity contribution in [3.8, 4) is 28.7 Å². The van der Waals surface area contributed by atoms with Crippen molar-refractivity contribution in [2.75, 3.05) is 4.90 Å². The number of ether oxygens (including phenoxy) is 1. The van der Waals surface area contributed by atoms with Crippen LogP contribution < -0.4 is 9.64 Å². The van der Waals surface area contributed by atoms with Crippen LogP contribution in [0.4, 0.5) is 17.1 Å². The van der Waals surface area contributed by atoms with E-state index in [0.717, 1.165) is 28.2 Å². The van der Waals surface area contributed by atoms with Crippen molar-refractivity contribution >= 4 is 17.1 Å². The summed E-state index contributed by atoms with van der Waals surface area (Å²) in [6.07, 6.45) is 0. The van der Waals surface area contributed by atoms with E-state index in [1.54, 1.807) is 36.4 Å². The van der Waals surface area contributed by atoms with Gasteiger partial charge in [-0.2, -0.15) is 0 Å². The van der Waals surface area contributed by atoms with Crippen molar-refractivity contribution in [1.82, 2.24) is 0 Å². The van der Waals surface area contributed by atoms with Gasteiger partial charge in [-0.05, 0) is 87.4 Å². The Bertz CT molecular complexity index is 1260. The lowest BCUT2D eigenvalue weighted by Crippen LogP contribution is -2.14.